The monoisotopic (exact) mass is 185 g/mol. The van der Waals surface area contributed by atoms with Gasteiger partial charge in [-0.15, -0.1) is 5.10 Å². The average Bonchev–Trinajstić information content (AvgIpc) is 2.44. The molecule has 0 saturated carbocycles. The second kappa shape index (κ2) is 3.99. The first-order chi connectivity index (χ1) is 6.15. The number of aromatic carboxylic acids is 1. The summed E-state index contributed by atoms with van der Waals surface area (Å²) in [5.74, 6) is -0.810. The molecule has 0 aliphatic rings. The lowest BCUT2D eigenvalue weighted by molar-refractivity contribution is 0.0683. The van der Waals surface area contributed by atoms with Crippen molar-refractivity contribution in [3.63, 3.8) is 0 Å². The third-order valence-electron chi connectivity index (χ3n) is 1.48. The van der Waals surface area contributed by atoms with Crippen molar-refractivity contribution in [2.24, 2.45) is 7.05 Å². The van der Waals surface area contributed by atoms with Gasteiger partial charge in [-0.05, 0) is 6.92 Å². The Balaban J connectivity index is 2.77. The van der Waals surface area contributed by atoms with Crippen LogP contribution in [-0.4, -0.2) is 32.4 Å². The highest BCUT2D eigenvalue weighted by molar-refractivity contribution is 5.82. The second-order valence-corrected chi connectivity index (χ2v) is 2.42. The lowest BCUT2D eigenvalue weighted by Crippen LogP contribution is -2.02. The van der Waals surface area contributed by atoms with Gasteiger partial charge < -0.3 is 9.84 Å². The molecule has 0 amide bonds. The van der Waals surface area contributed by atoms with E-state index in [1.165, 1.54) is 4.68 Å². The Morgan fingerprint density at radius 2 is 2.38 bits per heavy atom. The number of rotatable bonds is 4. The molecule has 0 radical (unpaired) electrons. The molecule has 0 bridgehead atoms. The van der Waals surface area contributed by atoms with Gasteiger partial charge in [0.1, 0.15) is 6.61 Å². The molecule has 1 aromatic rings. The van der Waals surface area contributed by atoms with Gasteiger partial charge in [-0.3, -0.25) is 4.68 Å². The normalized spacial score (nSPS) is 10.3. The van der Waals surface area contributed by atoms with Crippen LogP contribution in [0.2, 0.25) is 0 Å². The lowest BCUT2D eigenvalue weighted by Gasteiger charge is -1.98. The number of carbonyl (C=O) groups is 1. The first-order valence-electron chi connectivity index (χ1n) is 3.86. The van der Waals surface area contributed by atoms with Crippen molar-refractivity contribution in [2.75, 3.05) is 6.61 Å². The Labute approximate surface area is 75.2 Å². The van der Waals surface area contributed by atoms with E-state index in [4.69, 9.17) is 9.84 Å². The molecule has 0 atom stereocenters. The van der Waals surface area contributed by atoms with Crippen molar-refractivity contribution in [3.05, 3.63) is 11.6 Å². The summed E-state index contributed by atoms with van der Waals surface area (Å²) in [5.41, 5.74) is 0. The molecule has 72 valence electrons. The van der Waals surface area contributed by atoms with E-state index >= 15 is 0 Å². The zero-order valence-electron chi connectivity index (χ0n) is 7.52. The number of nitrogens with zero attached hydrogens (tertiary/aromatic N) is 3. The molecular weight excluding hydrogens is 174 g/mol. The van der Waals surface area contributed by atoms with Gasteiger partial charge in [0, 0.05) is 13.7 Å². The number of aromatic nitrogens is 3. The molecule has 1 aromatic heterocycles. The van der Waals surface area contributed by atoms with Gasteiger partial charge in [-0.2, -0.15) is 0 Å². The molecule has 0 spiro atoms. The zero-order chi connectivity index (χ0) is 9.84. The number of carboxylic acid groups (broad SMARTS) is 1. The van der Waals surface area contributed by atoms with E-state index in [0.717, 1.165) is 0 Å². The molecule has 0 saturated heterocycles. The summed E-state index contributed by atoms with van der Waals surface area (Å²) in [4.78, 5) is 14.2. The Hall–Kier alpha value is -1.43. The number of hydrogen-bond acceptors (Lipinski definition) is 4. The summed E-state index contributed by atoms with van der Waals surface area (Å²) in [6.45, 7) is 2.71. The third kappa shape index (κ3) is 2.25. The fraction of sp³-hybridized carbons (Fsp3) is 0.571. The Morgan fingerprint density at radius 1 is 1.69 bits per heavy atom. The minimum Gasteiger partial charge on any atom is -0.475 e. The van der Waals surface area contributed by atoms with Gasteiger partial charge in [-0.25, -0.2) is 9.78 Å². The van der Waals surface area contributed by atoms with Crippen molar-refractivity contribution in [1.82, 2.24) is 14.8 Å². The largest absolute Gasteiger partial charge is 0.475 e. The van der Waals surface area contributed by atoms with Crippen LogP contribution in [0, 0.1) is 0 Å². The van der Waals surface area contributed by atoms with Gasteiger partial charge in [0.25, 0.3) is 5.82 Å². The minimum absolute atomic E-state index is 0.197. The fourth-order valence-corrected chi connectivity index (χ4v) is 0.826. The fourth-order valence-electron chi connectivity index (χ4n) is 0.826. The van der Waals surface area contributed by atoms with E-state index in [9.17, 15) is 4.79 Å². The summed E-state index contributed by atoms with van der Waals surface area (Å²) in [6, 6.07) is 0. The van der Waals surface area contributed by atoms with E-state index in [1.807, 2.05) is 6.92 Å². The maximum absolute atomic E-state index is 10.5. The topological polar surface area (TPSA) is 77.2 Å². The van der Waals surface area contributed by atoms with Crippen molar-refractivity contribution in [3.8, 4) is 0 Å². The van der Waals surface area contributed by atoms with E-state index in [1.54, 1.807) is 7.05 Å². The predicted molar refractivity (Wildman–Crippen MR) is 43.3 cm³/mol. The van der Waals surface area contributed by atoms with Crippen LogP contribution in [0.4, 0.5) is 0 Å². The summed E-state index contributed by atoms with van der Waals surface area (Å²) in [7, 11) is 1.63. The standard InChI is InChI=1S/C7H11N3O3/c1-3-13-4-5-8-6(7(11)12)9-10(5)2/h3-4H2,1-2H3,(H,11,12). The van der Waals surface area contributed by atoms with Gasteiger partial charge >= 0.3 is 5.97 Å². The first kappa shape index (κ1) is 9.66. The lowest BCUT2D eigenvalue weighted by atomic mass is 10.6. The quantitative estimate of drug-likeness (QED) is 0.717. The zero-order valence-corrected chi connectivity index (χ0v) is 7.52. The molecule has 0 aliphatic heterocycles. The highest BCUT2D eigenvalue weighted by Gasteiger charge is 2.12. The summed E-state index contributed by atoms with van der Waals surface area (Å²) < 4.78 is 6.48. The molecular formula is C7H11N3O3. The van der Waals surface area contributed by atoms with Crippen molar-refractivity contribution in [1.29, 1.82) is 0 Å². The smallest absolute Gasteiger partial charge is 0.375 e. The van der Waals surface area contributed by atoms with Crippen molar-refractivity contribution >= 4 is 5.97 Å². The van der Waals surface area contributed by atoms with Crippen LogP contribution in [0.25, 0.3) is 0 Å². The van der Waals surface area contributed by atoms with Crippen LogP contribution in [0.3, 0.4) is 0 Å². The van der Waals surface area contributed by atoms with Crippen LogP contribution >= 0.6 is 0 Å². The summed E-state index contributed by atoms with van der Waals surface area (Å²) in [6.07, 6.45) is 0. The van der Waals surface area contributed by atoms with Gasteiger partial charge in [0.05, 0.1) is 0 Å². The molecule has 1 N–H and O–H groups in total. The van der Waals surface area contributed by atoms with E-state index < -0.39 is 5.97 Å². The number of aryl methyl sites for hydroxylation is 1. The second-order valence-electron chi connectivity index (χ2n) is 2.42. The maximum Gasteiger partial charge on any atom is 0.375 e. The Morgan fingerprint density at radius 3 is 2.85 bits per heavy atom. The van der Waals surface area contributed by atoms with Gasteiger partial charge in [0.15, 0.2) is 5.82 Å². The molecule has 0 unspecified atom stereocenters. The Bertz CT molecular complexity index is 308. The number of ether oxygens (including phenoxy) is 1. The first-order valence-corrected chi connectivity index (χ1v) is 3.86. The number of hydrogen-bond donors (Lipinski definition) is 1. The van der Waals surface area contributed by atoms with Crippen LogP contribution in [0.15, 0.2) is 0 Å². The summed E-state index contributed by atoms with van der Waals surface area (Å²) in [5, 5.41) is 12.3. The van der Waals surface area contributed by atoms with Crippen molar-refractivity contribution in [2.45, 2.75) is 13.5 Å². The van der Waals surface area contributed by atoms with E-state index in [2.05, 4.69) is 10.1 Å². The summed E-state index contributed by atoms with van der Waals surface area (Å²) >= 11 is 0. The van der Waals surface area contributed by atoms with E-state index in [-0.39, 0.29) is 12.4 Å². The maximum atomic E-state index is 10.5. The molecule has 6 nitrogen and oxygen atoms in total. The minimum atomic E-state index is -1.13. The van der Waals surface area contributed by atoms with E-state index in [0.29, 0.717) is 12.4 Å². The molecule has 13 heavy (non-hydrogen) atoms. The Kier molecular flexibility index (Phi) is 2.97. The van der Waals surface area contributed by atoms with Crippen LogP contribution in [0.5, 0.6) is 0 Å². The van der Waals surface area contributed by atoms with Gasteiger partial charge in [-0.1, -0.05) is 0 Å². The predicted octanol–water partition coefficient (Wildman–Crippen LogP) is 0.0498. The highest BCUT2D eigenvalue weighted by atomic mass is 16.5. The van der Waals surface area contributed by atoms with Crippen molar-refractivity contribution < 1.29 is 14.6 Å². The molecule has 6 heteroatoms. The molecule has 0 fully saturated rings. The van der Waals surface area contributed by atoms with Crippen LogP contribution in [-0.2, 0) is 18.4 Å². The highest BCUT2D eigenvalue weighted by Crippen LogP contribution is 1.98. The van der Waals surface area contributed by atoms with Crippen LogP contribution in [0.1, 0.15) is 23.4 Å². The average molecular weight is 185 g/mol. The molecule has 1 heterocycles. The number of carboxylic acids is 1. The molecule has 1 rings (SSSR count). The third-order valence-corrected chi connectivity index (χ3v) is 1.48. The molecule has 0 aliphatic carbocycles. The molecule has 0 aromatic carbocycles. The van der Waals surface area contributed by atoms with Gasteiger partial charge in [0.2, 0.25) is 0 Å². The van der Waals surface area contributed by atoms with Crippen LogP contribution < -0.4 is 0 Å². The SMILES string of the molecule is CCOCc1nc(C(=O)O)nn1C.